The second-order valence-corrected chi connectivity index (χ2v) is 4.28. The van der Waals surface area contributed by atoms with E-state index in [4.69, 9.17) is 0 Å². The molecule has 0 aromatic rings. The molecule has 0 N–H and O–H groups in total. The standard InChI is InChI=1S/C12H23N/c1-4-11(2)12-7-5-9-13(3)10-6-8-12/h7,11H,4-6,8-10H2,1-3H3/b12-7+. The van der Waals surface area contributed by atoms with Crippen LogP contribution in [0.25, 0.3) is 0 Å². The molecule has 76 valence electrons. The number of allylic oxidation sites excluding steroid dienone is 1. The van der Waals surface area contributed by atoms with Crippen LogP contribution in [0, 0.1) is 5.92 Å². The van der Waals surface area contributed by atoms with Gasteiger partial charge < -0.3 is 4.90 Å². The monoisotopic (exact) mass is 181 g/mol. The smallest absolute Gasteiger partial charge is 0.00130 e. The van der Waals surface area contributed by atoms with Gasteiger partial charge in [-0.2, -0.15) is 0 Å². The van der Waals surface area contributed by atoms with Crippen molar-refractivity contribution in [2.24, 2.45) is 5.92 Å². The Labute approximate surface area is 82.8 Å². The fourth-order valence-electron chi connectivity index (χ4n) is 1.95. The Morgan fingerprint density at radius 3 is 2.92 bits per heavy atom. The number of hydrogen-bond acceptors (Lipinski definition) is 1. The molecule has 0 aliphatic carbocycles. The van der Waals surface area contributed by atoms with Gasteiger partial charge in [0, 0.05) is 6.54 Å². The highest BCUT2D eigenvalue weighted by Gasteiger charge is 2.09. The van der Waals surface area contributed by atoms with Crippen molar-refractivity contribution in [2.45, 2.75) is 39.5 Å². The van der Waals surface area contributed by atoms with E-state index in [0.717, 1.165) is 5.92 Å². The average molecular weight is 181 g/mol. The van der Waals surface area contributed by atoms with Crippen molar-refractivity contribution >= 4 is 0 Å². The van der Waals surface area contributed by atoms with E-state index < -0.39 is 0 Å². The maximum atomic E-state index is 2.48. The van der Waals surface area contributed by atoms with Gasteiger partial charge in [0.2, 0.25) is 0 Å². The van der Waals surface area contributed by atoms with Crippen LogP contribution in [0.5, 0.6) is 0 Å². The van der Waals surface area contributed by atoms with Gasteiger partial charge in [-0.25, -0.2) is 0 Å². The molecule has 0 aromatic carbocycles. The molecule has 0 amide bonds. The molecule has 0 radical (unpaired) electrons. The molecule has 1 atom stereocenters. The number of hydrogen-bond donors (Lipinski definition) is 0. The van der Waals surface area contributed by atoms with E-state index in [0.29, 0.717) is 0 Å². The lowest BCUT2D eigenvalue weighted by atomic mass is 9.92. The highest BCUT2D eigenvalue weighted by atomic mass is 15.1. The highest BCUT2D eigenvalue weighted by molar-refractivity contribution is 5.06. The first kappa shape index (κ1) is 10.8. The van der Waals surface area contributed by atoms with Crippen molar-refractivity contribution in [3.63, 3.8) is 0 Å². The first-order valence-electron chi connectivity index (χ1n) is 5.61. The molecule has 1 rings (SSSR count). The van der Waals surface area contributed by atoms with E-state index in [1.165, 1.54) is 38.8 Å². The van der Waals surface area contributed by atoms with Gasteiger partial charge in [-0.15, -0.1) is 0 Å². The van der Waals surface area contributed by atoms with Crippen LogP contribution in [0.3, 0.4) is 0 Å². The summed E-state index contributed by atoms with van der Waals surface area (Å²) in [5.41, 5.74) is 1.70. The lowest BCUT2D eigenvalue weighted by molar-refractivity contribution is 0.327. The zero-order valence-corrected chi connectivity index (χ0v) is 9.34. The van der Waals surface area contributed by atoms with E-state index in [-0.39, 0.29) is 0 Å². The Morgan fingerprint density at radius 2 is 2.23 bits per heavy atom. The molecule has 1 heteroatoms. The van der Waals surface area contributed by atoms with Crippen molar-refractivity contribution in [2.75, 3.05) is 20.1 Å². The van der Waals surface area contributed by atoms with Gasteiger partial charge in [0.25, 0.3) is 0 Å². The summed E-state index contributed by atoms with van der Waals surface area (Å²) in [4.78, 5) is 2.43. The molecule has 1 heterocycles. The van der Waals surface area contributed by atoms with Crippen molar-refractivity contribution in [3.8, 4) is 0 Å². The topological polar surface area (TPSA) is 3.24 Å². The van der Waals surface area contributed by atoms with Gasteiger partial charge in [0.15, 0.2) is 0 Å². The Morgan fingerprint density at radius 1 is 1.46 bits per heavy atom. The maximum Gasteiger partial charge on any atom is 0.00130 e. The molecule has 0 saturated heterocycles. The molecule has 0 aromatic heterocycles. The van der Waals surface area contributed by atoms with Crippen molar-refractivity contribution in [1.82, 2.24) is 4.90 Å². The summed E-state index contributed by atoms with van der Waals surface area (Å²) in [5.74, 6) is 0.809. The predicted octanol–water partition coefficient (Wildman–Crippen LogP) is 3.07. The second kappa shape index (κ2) is 5.43. The van der Waals surface area contributed by atoms with Gasteiger partial charge in [-0.1, -0.05) is 25.5 Å². The molecule has 1 aliphatic heterocycles. The minimum atomic E-state index is 0.809. The van der Waals surface area contributed by atoms with Crippen molar-refractivity contribution < 1.29 is 0 Å². The van der Waals surface area contributed by atoms with E-state index in [9.17, 15) is 0 Å². The van der Waals surface area contributed by atoms with Crippen LogP contribution in [-0.4, -0.2) is 25.0 Å². The van der Waals surface area contributed by atoms with Gasteiger partial charge >= 0.3 is 0 Å². The summed E-state index contributed by atoms with van der Waals surface area (Å²) in [6.45, 7) is 7.15. The maximum absolute atomic E-state index is 2.48. The number of nitrogens with zero attached hydrogens (tertiary/aromatic N) is 1. The lowest BCUT2D eigenvalue weighted by Crippen LogP contribution is -2.22. The first-order chi connectivity index (χ1) is 6.24. The van der Waals surface area contributed by atoms with E-state index in [1.54, 1.807) is 5.57 Å². The summed E-state index contributed by atoms with van der Waals surface area (Å²) in [7, 11) is 2.22. The predicted molar refractivity (Wildman–Crippen MR) is 58.9 cm³/mol. The Hall–Kier alpha value is -0.300. The van der Waals surface area contributed by atoms with E-state index in [2.05, 4.69) is 31.9 Å². The van der Waals surface area contributed by atoms with E-state index in [1.807, 2.05) is 0 Å². The SMILES string of the molecule is CCC(C)/C1=C/CCN(C)CCC1. The van der Waals surface area contributed by atoms with Crippen LogP contribution in [0.4, 0.5) is 0 Å². The molecule has 0 bridgehead atoms. The summed E-state index contributed by atoms with van der Waals surface area (Å²) in [5, 5.41) is 0. The summed E-state index contributed by atoms with van der Waals surface area (Å²) in [6, 6.07) is 0. The molecule has 0 spiro atoms. The molecule has 1 aliphatic rings. The quantitative estimate of drug-likeness (QED) is 0.592. The molecule has 13 heavy (non-hydrogen) atoms. The molecule has 0 fully saturated rings. The molecule has 1 nitrogen and oxygen atoms in total. The van der Waals surface area contributed by atoms with Crippen LogP contribution >= 0.6 is 0 Å². The lowest BCUT2D eigenvalue weighted by Gasteiger charge is -2.22. The normalized spacial score (nSPS) is 27.2. The minimum Gasteiger partial charge on any atom is -0.306 e. The Balaban J connectivity index is 2.49. The van der Waals surface area contributed by atoms with Crippen molar-refractivity contribution in [3.05, 3.63) is 11.6 Å². The fourth-order valence-corrected chi connectivity index (χ4v) is 1.95. The zero-order valence-electron chi connectivity index (χ0n) is 9.34. The Bertz CT molecular complexity index is 172. The molecular formula is C12H23N. The number of rotatable bonds is 2. The van der Waals surface area contributed by atoms with Crippen LogP contribution in [-0.2, 0) is 0 Å². The van der Waals surface area contributed by atoms with Crippen LogP contribution < -0.4 is 0 Å². The van der Waals surface area contributed by atoms with Crippen molar-refractivity contribution in [1.29, 1.82) is 0 Å². The van der Waals surface area contributed by atoms with Gasteiger partial charge in [-0.05, 0) is 45.2 Å². The Kier molecular flexibility index (Phi) is 4.51. The summed E-state index contributed by atoms with van der Waals surface area (Å²) >= 11 is 0. The largest absolute Gasteiger partial charge is 0.306 e. The van der Waals surface area contributed by atoms with Crippen LogP contribution in [0.1, 0.15) is 39.5 Å². The average Bonchev–Trinajstić information content (AvgIpc) is 2.10. The zero-order chi connectivity index (χ0) is 9.68. The third-order valence-corrected chi connectivity index (χ3v) is 3.17. The van der Waals surface area contributed by atoms with Crippen LogP contribution in [0.15, 0.2) is 11.6 Å². The third kappa shape index (κ3) is 3.51. The molecule has 0 saturated carbocycles. The summed E-state index contributed by atoms with van der Waals surface area (Å²) < 4.78 is 0. The third-order valence-electron chi connectivity index (χ3n) is 3.17. The van der Waals surface area contributed by atoms with Gasteiger partial charge in [0.1, 0.15) is 0 Å². The van der Waals surface area contributed by atoms with Crippen LogP contribution in [0.2, 0.25) is 0 Å². The minimum absolute atomic E-state index is 0.809. The van der Waals surface area contributed by atoms with Gasteiger partial charge in [0.05, 0.1) is 0 Å². The fraction of sp³-hybridized carbons (Fsp3) is 0.833. The molecule has 1 unspecified atom stereocenters. The molecular weight excluding hydrogens is 158 g/mol. The summed E-state index contributed by atoms with van der Waals surface area (Å²) in [6.07, 6.45) is 7.67. The second-order valence-electron chi connectivity index (χ2n) is 4.28. The van der Waals surface area contributed by atoms with E-state index >= 15 is 0 Å². The first-order valence-corrected chi connectivity index (χ1v) is 5.61. The highest BCUT2D eigenvalue weighted by Crippen LogP contribution is 2.21. The van der Waals surface area contributed by atoms with Gasteiger partial charge in [-0.3, -0.25) is 0 Å².